The summed E-state index contributed by atoms with van der Waals surface area (Å²) in [4.78, 5) is 11.1. The van der Waals surface area contributed by atoms with Gasteiger partial charge in [-0.3, -0.25) is 4.79 Å². The van der Waals surface area contributed by atoms with Crippen molar-refractivity contribution in [3.8, 4) is 5.75 Å². The van der Waals surface area contributed by atoms with Gasteiger partial charge >= 0.3 is 10.1 Å². The van der Waals surface area contributed by atoms with E-state index < -0.39 is 16.0 Å². The van der Waals surface area contributed by atoms with Crippen LogP contribution in [0.15, 0.2) is 53.4 Å². The van der Waals surface area contributed by atoms with Gasteiger partial charge < -0.3 is 9.92 Å². The summed E-state index contributed by atoms with van der Waals surface area (Å²) >= 11 is 5.83. The van der Waals surface area contributed by atoms with Crippen molar-refractivity contribution < 1.29 is 17.4 Å². The topological polar surface area (TPSA) is 86.5 Å². The molecule has 0 spiro atoms. The van der Waals surface area contributed by atoms with E-state index >= 15 is 0 Å². The molecule has 5 nitrogen and oxygen atoms in total. The average molecular weight is 312 g/mol. The van der Waals surface area contributed by atoms with Crippen LogP contribution in [0.25, 0.3) is 0 Å². The maximum absolute atomic E-state index is 12.1. The quantitative estimate of drug-likeness (QED) is 0.877. The number of para-hydroxylation sites is 1. The van der Waals surface area contributed by atoms with Crippen molar-refractivity contribution in [2.45, 2.75) is 4.90 Å². The Labute approximate surface area is 121 Å². The molecule has 1 amide bonds. The first-order chi connectivity index (χ1) is 9.42. The summed E-state index contributed by atoms with van der Waals surface area (Å²) in [7, 11) is -4.14. The van der Waals surface area contributed by atoms with Gasteiger partial charge in [0.1, 0.15) is 4.90 Å². The molecule has 0 saturated heterocycles. The number of halogens is 1. The van der Waals surface area contributed by atoms with E-state index in [9.17, 15) is 13.2 Å². The van der Waals surface area contributed by atoms with Gasteiger partial charge in [-0.05, 0) is 24.3 Å². The third-order valence-electron chi connectivity index (χ3n) is 2.46. The van der Waals surface area contributed by atoms with Gasteiger partial charge in [-0.25, -0.2) is 0 Å². The van der Waals surface area contributed by atoms with Crippen molar-refractivity contribution in [2.75, 3.05) is 0 Å². The predicted octanol–water partition coefficient (Wildman–Crippen LogP) is 2.21. The lowest BCUT2D eigenvalue weighted by atomic mass is 10.2. The summed E-state index contributed by atoms with van der Waals surface area (Å²) in [5, 5.41) is 0.0315. The van der Waals surface area contributed by atoms with Crippen molar-refractivity contribution in [3.05, 3.63) is 59.1 Å². The normalized spacial score (nSPS) is 11.1. The Morgan fingerprint density at radius 2 is 1.65 bits per heavy atom. The number of nitrogens with two attached hydrogens (primary N) is 1. The summed E-state index contributed by atoms with van der Waals surface area (Å²) in [6, 6.07) is 11.6. The molecule has 0 fully saturated rings. The zero-order valence-electron chi connectivity index (χ0n) is 10.1. The Morgan fingerprint density at radius 3 is 2.30 bits per heavy atom. The van der Waals surface area contributed by atoms with Crippen molar-refractivity contribution in [2.24, 2.45) is 5.73 Å². The molecular weight excluding hydrogens is 302 g/mol. The maximum atomic E-state index is 12.1. The van der Waals surface area contributed by atoms with Crippen molar-refractivity contribution in [3.63, 3.8) is 0 Å². The molecule has 0 aliphatic carbocycles. The van der Waals surface area contributed by atoms with Gasteiger partial charge in [0.2, 0.25) is 0 Å². The van der Waals surface area contributed by atoms with Gasteiger partial charge in [0.05, 0.1) is 10.6 Å². The summed E-state index contributed by atoms with van der Waals surface area (Å²) in [6.07, 6.45) is 0. The highest BCUT2D eigenvalue weighted by molar-refractivity contribution is 7.87. The number of hydrogen-bond acceptors (Lipinski definition) is 4. The second-order valence-corrected chi connectivity index (χ2v) is 5.75. The second-order valence-electron chi connectivity index (χ2n) is 3.83. The van der Waals surface area contributed by atoms with Gasteiger partial charge in [0.15, 0.2) is 5.75 Å². The van der Waals surface area contributed by atoms with Crippen LogP contribution in [0, 0.1) is 0 Å². The minimum absolute atomic E-state index is 0.0249. The average Bonchev–Trinajstić information content (AvgIpc) is 2.39. The first-order valence-electron chi connectivity index (χ1n) is 5.49. The number of carbonyl (C=O) groups is 1. The summed E-state index contributed by atoms with van der Waals surface area (Å²) in [6.45, 7) is 0. The van der Waals surface area contributed by atoms with Crippen LogP contribution in [0.5, 0.6) is 5.75 Å². The van der Waals surface area contributed by atoms with Crippen LogP contribution in [0.1, 0.15) is 10.4 Å². The monoisotopic (exact) mass is 311 g/mol. The van der Waals surface area contributed by atoms with E-state index in [4.69, 9.17) is 21.5 Å². The first-order valence-corrected chi connectivity index (χ1v) is 7.28. The van der Waals surface area contributed by atoms with Crippen molar-refractivity contribution in [1.82, 2.24) is 0 Å². The molecule has 0 aromatic heterocycles. The zero-order chi connectivity index (χ0) is 14.8. The standard InChI is InChI=1S/C13H10ClNO4S/c14-10-6-2-4-8-12(10)20(17,18)19-11-7-3-1-5-9(11)13(15)16/h1-8H,(H2,15,16). The lowest BCUT2D eigenvalue weighted by molar-refractivity contribution is 0.0999. The Bertz CT molecular complexity index is 758. The highest BCUT2D eigenvalue weighted by Gasteiger charge is 2.22. The fourth-order valence-electron chi connectivity index (χ4n) is 1.55. The molecule has 7 heteroatoms. The third kappa shape index (κ3) is 2.92. The third-order valence-corrected chi connectivity index (χ3v) is 4.19. The summed E-state index contributed by atoms with van der Waals surface area (Å²) in [5.41, 5.74) is 5.14. The van der Waals surface area contributed by atoms with Crippen LogP contribution in [0.2, 0.25) is 5.02 Å². The van der Waals surface area contributed by atoms with Crippen LogP contribution < -0.4 is 9.92 Å². The van der Waals surface area contributed by atoms with Crippen LogP contribution in [0.4, 0.5) is 0 Å². The fraction of sp³-hybridized carbons (Fsp3) is 0. The molecule has 0 heterocycles. The number of primary amides is 1. The number of rotatable bonds is 4. The van der Waals surface area contributed by atoms with E-state index in [2.05, 4.69) is 0 Å². The molecular formula is C13H10ClNO4S. The van der Waals surface area contributed by atoms with Crippen LogP contribution in [-0.2, 0) is 10.1 Å². The molecule has 0 unspecified atom stereocenters. The molecule has 2 rings (SSSR count). The van der Waals surface area contributed by atoms with Gasteiger partial charge in [-0.2, -0.15) is 8.42 Å². The smallest absolute Gasteiger partial charge is 0.340 e. The number of benzene rings is 2. The maximum Gasteiger partial charge on any atom is 0.340 e. The van der Waals surface area contributed by atoms with Crippen molar-refractivity contribution >= 4 is 27.6 Å². The Morgan fingerprint density at radius 1 is 1.05 bits per heavy atom. The zero-order valence-corrected chi connectivity index (χ0v) is 11.7. The van der Waals surface area contributed by atoms with E-state index in [0.717, 1.165) is 0 Å². The lowest BCUT2D eigenvalue weighted by Gasteiger charge is -2.10. The van der Waals surface area contributed by atoms with E-state index in [1.165, 1.54) is 36.4 Å². The van der Waals surface area contributed by atoms with E-state index in [0.29, 0.717) is 0 Å². The second kappa shape index (κ2) is 5.52. The number of carbonyl (C=O) groups excluding carboxylic acids is 1. The van der Waals surface area contributed by atoms with Crippen LogP contribution in [0.3, 0.4) is 0 Å². The summed E-state index contributed by atoms with van der Waals surface area (Å²) < 4.78 is 29.2. The number of amides is 1. The highest BCUT2D eigenvalue weighted by Crippen LogP contribution is 2.26. The fourth-order valence-corrected chi connectivity index (χ4v) is 3.00. The lowest BCUT2D eigenvalue weighted by Crippen LogP contribution is -2.16. The summed E-state index contributed by atoms with van der Waals surface area (Å²) in [5.74, 6) is -0.921. The highest BCUT2D eigenvalue weighted by atomic mass is 35.5. The van der Waals surface area contributed by atoms with E-state index in [1.54, 1.807) is 12.1 Å². The molecule has 0 radical (unpaired) electrons. The van der Waals surface area contributed by atoms with Crippen LogP contribution >= 0.6 is 11.6 Å². The van der Waals surface area contributed by atoms with Gasteiger partial charge in [0, 0.05) is 0 Å². The van der Waals surface area contributed by atoms with Crippen molar-refractivity contribution in [1.29, 1.82) is 0 Å². The minimum Gasteiger partial charge on any atom is -0.378 e. The minimum atomic E-state index is -4.14. The Kier molecular flexibility index (Phi) is 3.96. The predicted molar refractivity (Wildman–Crippen MR) is 74.2 cm³/mol. The molecule has 0 saturated carbocycles. The first kappa shape index (κ1) is 14.4. The molecule has 0 aliphatic heterocycles. The molecule has 20 heavy (non-hydrogen) atoms. The molecule has 104 valence electrons. The molecule has 0 bridgehead atoms. The number of hydrogen-bond donors (Lipinski definition) is 1. The molecule has 0 aliphatic rings. The van der Waals surface area contributed by atoms with Gasteiger partial charge in [0.25, 0.3) is 5.91 Å². The molecule has 2 aromatic rings. The van der Waals surface area contributed by atoms with E-state index in [1.807, 2.05) is 0 Å². The largest absolute Gasteiger partial charge is 0.378 e. The molecule has 2 N–H and O–H groups in total. The van der Waals surface area contributed by atoms with E-state index in [-0.39, 0.29) is 21.2 Å². The molecule has 2 aromatic carbocycles. The SMILES string of the molecule is NC(=O)c1ccccc1OS(=O)(=O)c1ccccc1Cl. The van der Waals surface area contributed by atoms with Gasteiger partial charge in [-0.15, -0.1) is 0 Å². The van der Waals surface area contributed by atoms with Crippen LogP contribution in [-0.4, -0.2) is 14.3 Å². The molecule has 0 atom stereocenters. The Balaban J connectivity index is 2.45. The Hall–Kier alpha value is -2.05. The van der Waals surface area contributed by atoms with Gasteiger partial charge in [-0.1, -0.05) is 35.9 Å².